The van der Waals surface area contributed by atoms with E-state index in [0.717, 1.165) is 22.6 Å². The highest BCUT2D eigenvalue weighted by molar-refractivity contribution is 5.91. The molecule has 2 aromatic rings. The molecule has 1 saturated carbocycles. The first kappa shape index (κ1) is 19.5. The number of likely N-dealkylation sites (N-methyl/N-ethyl adjacent to an activating group) is 1. The van der Waals surface area contributed by atoms with Gasteiger partial charge in [-0.2, -0.15) is 0 Å². The normalized spacial score (nSPS) is 15.6. The summed E-state index contributed by atoms with van der Waals surface area (Å²) in [5.74, 6) is 0.754. The summed E-state index contributed by atoms with van der Waals surface area (Å²) >= 11 is 0. The molecule has 1 aliphatic rings. The molecule has 5 heteroatoms. The summed E-state index contributed by atoms with van der Waals surface area (Å²) in [6, 6.07) is 2.81. The SMILES string of the molecule is Cc1noc(C)c1CN(C)C(=O)/C=C/c1cc(C)n(C2CCCCC2)c1C. The lowest BCUT2D eigenvalue weighted by atomic mass is 9.95. The van der Waals surface area contributed by atoms with Gasteiger partial charge in [-0.3, -0.25) is 4.79 Å². The third kappa shape index (κ3) is 4.18. The van der Waals surface area contributed by atoms with Crippen LogP contribution in [0, 0.1) is 27.7 Å². The highest BCUT2D eigenvalue weighted by Crippen LogP contribution is 2.32. The minimum absolute atomic E-state index is 0.0162. The lowest BCUT2D eigenvalue weighted by molar-refractivity contribution is -0.125. The second-order valence-corrected chi connectivity index (χ2v) is 7.82. The molecule has 1 aliphatic carbocycles. The van der Waals surface area contributed by atoms with Gasteiger partial charge in [0.25, 0.3) is 0 Å². The van der Waals surface area contributed by atoms with Crippen molar-refractivity contribution in [1.29, 1.82) is 0 Å². The first-order chi connectivity index (χ1) is 12.9. The van der Waals surface area contributed by atoms with Crippen LogP contribution in [0.25, 0.3) is 6.08 Å². The van der Waals surface area contributed by atoms with Crippen LogP contribution in [0.1, 0.15) is 72.1 Å². The molecule has 1 amide bonds. The van der Waals surface area contributed by atoms with E-state index in [1.807, 2.05) is 27.0 Å². The predicted molar refractivity (Wildman–Crippen MR) is 108 cm³/mol. The van der Waals surface area contributed by atoms with Gasteiger partial charge in [0.15, 0.2) is 0 Å². The Morgan fingerprint density at radius 3 is 2.59 bits per heavy atom. The van der Waals surface area contributed by atoms with Gasteiger partial charge in [-0.05, 0) is 58.2 Å². The molecular weight excluding hydrogens is 338 g/mol. The number of carbonyl (C=O) groups excluding carboxylic acids is 1. The smallest absolute Gasteiger partial charge is 0.246 e. The molecule has 1 fully saturated rings. The van der Waals surface area contributed by atoms with Crippen LogP contribution in [0.4, 0.5) is 0 Å². The molecule has 0 N–H and O–H groups in total. The van der Waals surface area contributed by atoms with Gasteiger partial charge in [0.05, 0.1) is 12.2 Å². The number of carbonyl (C=O) groups is 1. The largest absolute Gasteiger partial charge is 0.361 e. The maximum Gasteiger partial charge on any atom is 0.246 e. The molecule has 0 bridgehead atoms. The van der Waals surface area contributed by atoms with Crippen molar-refractivity contribution in [3.8, 4) is 0 Å². The molecule has 0 radical (unpaired) electrons. The van der Waals surface area contributed by atoms with Crippen molar-refractivity contribution in [3.05, 3.63) is 46.1 Å². The lowest BCUT2D eigenvalue weighted by Gasteiger charge is -2.26. The van der Waals surface area contributed by atoms with Crippen LogP contribution in [0.5, 0.6) is 0 Å². The van der Waals surface area contributed by atoms with Gasteiger partial charge in [-0.15, -0.1) is 0 Å². The Hall–Kier alpha value is -2.30. The van der Waals surface area contributed by atoms with Gasteiger partial charge in [0.2, 0.25) is 5.91 Å². The molecule has 0 saturated heterocycles. The Morgan fingerprint density at radius 2 is 1.96 bits per heavy atom. The van der Waals surface area contributed by atoms with Crippen molar-refractivity contribution < 1.29 is 9.32 Å². The fourth-order valence-corrected chi connectivity index (χ4v) is 4.20. The van der Waals surface area contributed by atoms with Crippen LogP contribution in [0.15, 0.2) is 16.7 Å². The van der Waals surface area contributed by atoms with E-state index in [-0.39, 0.29) is 5.91 Å². The number of aryl methyl sites for hydroxylation is 3. The molecular formula is C22H31N3O2. The Morgan fingerprint density at radius 1 is 1.26 bits per heavy atom. The number of rotatable bonds is 5. The van der Waals surface area contributed by atoms with E-state index in [0.29, 0.717) is 12.6 Å². The number of aromatic nitrogens is 2. The van der Waals surface area contributed by atoms with E-state index < -0.39 is 0 Å². The van der Waals surface area contributed by atoms with Crippen LogP contribution in [-0.4, -0.2) is 27.6 Å². The Balaban J connectivity index is 1.71. The molecule has 2 aromatic heterocycles. The summed E-state index contributed by atoms with van der Waals surface area (Å²) in [7, 11) is 1.81. The summed E-state index contributed by atoms with van der Waals surface area (Å²) in [6.45, 7) is 8.62. The summed E-state index contributed by atoms with van der Waals surface area (Å²) in [4.78, 5) is 14.2. The fraction of sp³-hybridized carbons (Fsp3) is 0.545. The number of nitrogens with zero attached hydrogens (tertiary/aromatic N) is 3. The molecule has 27 heavy (non-hydrogen) atoms. The topological polar surface area (TPSA) is 51.3 Å². The quantitative estimate of drug-likeness (QED) is 0.705. The zero-order valence-electron chi connectivity index (χ0n) is 17.2. The maximum absolute atomic E-state index is 12.6. The zero-order chi connectivity index (χ0) is 19.6. The van der Waals surface area contributed by atoms with Crippen LogP contribution < -0.4 is 0 Å². The first-order valence-electron chi connectivity index (χ1n) is 9.91. The van der Waals surface area contributed by atoms with Crippen LogP contribution in [0.3, 0.4) is 0 Å². The third-order valence-corrected chi connectivity index (χ3v) is 5.82. The van der Waals surface area contributed by atoms with Gasteiger partial charge < -0.3 is 14.0 Å². The molecule has 0 aromatic carbocycles. The van der Waals surface area contributed by atoms with Crippen molar-refractivity contribution in [2.75, 3.05) is 7.05 Å². The van der Waals surface area contributed by atoms with Crippen molar-refractivity contribution in [1.82, 2.24) is 14.6 Å². The standard InChI is InChI=1S/C22H31N3O2/c1-15-13-19(17(3)25(15)20-9-7-6-8-10-20)11-12-22(26)24(5)14-21-16(2)23-27-18(21)4/h11-13,20H,6-10,14H2,1-5H3/b12-11+. The molecule has 0 atom stereocenters. The Bertz CT molecular complexity index is 819. The fourth-order valence-electron chi connectivity index (χ4n) is 4.20. The minimum Gasteiger partial charge on any atom is -0.361 e. The van der Waals surface area contributed by atoms with Crippen LogP contribution >= 0.6 is 0 Å². The second-order valence-electron chi connectivity index (χ2n) is 7.82. The zero-order valence-corrected chi connectivity index (χ0v) is 17.2. The Kier molecular flexibility index (Phi) is 5.88. The molecule has 146 valence electrons. The van der Waals surface area contributed by atoms with E-state index in [9.17, 15) is 4.79 Å². The third-order valence-electron chi connectivity index (χ3n) is 5.82. The van der Waals surface area contributed by atoms with Crippen molar-refractivity contribution in [2.24, 2.45) is 0 Å². The number of amides is 1. The molecule has 2 heterocycles. The van der Waals surface area contributed by atoms with Crippen LogP contribution in [0.2, 0.25) is 0 Å². The van der Waals surface area contributed by atoms with Gasteiger partial charge in [-0.1, -0.05) is 24.4 Å². The van der Waals surface area contributed by atoms with Crippen molar-refractivity contribution in [3.63, 3.8) is 0 Å². The van der Waals surface area contributed by atoms with Gasteiger partial charge >= 0.3 is 0 Å². The first-order valence-corrected chi connectivity index (χ1v) is 9.91. The monoisotopic (exact) mass is 369 g/mol. The molecule has 0 unspecified atom stereocenters. The van der Waals surface area contributed by atoms with E-state index in [4.69, 9.17) is 4.52 Å². The lowest BCUT2D eigenvalue weighted by Crippen LogP contribution is -2.24. The predicted octanol–water partition coefficient (Wildman–Crippen LogP) is 4.89. The molecule has 5 nitrogen and oxygen atoms in total. The minimum atomic E-state index is -0.0162. The summed E-state index contributed by atoms with van der Waals surface area (Å²) in [6.07, 6.45) is 10.1. The van der Waals surface area contributed by atoms with Gasteiger partial charge in [-0.25, -0.2) is 0 Å². The van der Waals surface area contributed by atoms with Gasteiger partial charge in [0, 0.05) is 36.1 Å². The average molecular weight is 370 g/mol. The summed E-state index contributed by atoms with van der Waals surface area (Å²) in [5, 5.41) is 3.96. The van der Waals surface area contributed by atoms with Crippen LogP contribution in [-0.2, 0) is 11.3 Å². The highest BCUT2D eigenvalue weighted by Gasteiger charge is 2.19. The summed E-state index contributed by atoms with van der Waals surface area (Å²) in [5.41, 5.74) is 5.51. The summed E-state index contributed by atoms with van der Waals surface area (Å²) < 4.78 is 7.65. The molecule has 0 aliphatic heterocycles. The number of hydrogen-bond donors (Lipinski definition) is 0. The van der Waals surface area contributed by atoms with E-state index >= 15 is 0 Å². The molecule has 3 rings (SSSR count). The highest BCUT2D eigenvalue weighted by atomic mass is 16.5. The van der Waals surface area contributed by atoms with Crippen molar-refractivity contribution in [2.45, 2.75) is 72.4 Å². The van der Waals surface area contributed by atoms with Gasteiger partial charge in [0.1, 0.15) is 5.76 Å². The second kappa shape index (κ2) is 8.15. The number of hydrogen-bond acceptors (Lipinski definition) is 3. The van der Waals surface area contributed by atoms with E-state index in [1.165, 1.54) is 43.5 Å². The van der Waals surface area contributed by atoms with Crippen molar-refractivity contribution >= 4 is 12.0 Å². The maximum atomic E-state index is 12.6. The molecule has 0 spiro atoms. The average Bonchev–Trinajstić information content (AvgIpc) is 3.12. The Labute approximate surface area is 162 Å². The van der Waals surface area contributed by atoms with E-state index in [2.05, 4.69) is 29.6 Å². The van der Waals surface area contributed by atoms with E-state index in [1.54, 1.807) is 11.0 Å².